The third-order valence-electron chi connectivity index (χ3n) is 4.76. The van der Waals surface area contributed by atoms with Crippen LogP contribution in [-0.2, 0) is 13.6 Å². The van der Waals surface area contributed by atoms with Gasteiger partial charge in [0.05, 0.1) is 11.3 Å². The molecule has 124 valence electrons. The Balaban J connectivity index is 1.64. The zero-order valence-electron chi connectivity index (χ0n) is 14.0. The maximum atomic E-state index is 10.7. The zero-order chi connectivity index (χ0) is 16.1. The fourth-order valence-electron chi connectivity index (χ4n) is 3.50. The van der Waals surface area contributed by atoms with Crippen LogP contribution < -0.4 is 5.32 Å². The number of hydrogen-bond donors (Lipinski definition) is 2. The van der Waals surface area contributed by atoms with Crippen molar-refractivity contribution in [2.24, 2.45) is 7.05 Å². The molecule has 3 rings (SSSR count). The average Bonchev–Trinajstić information content (AvgIpc) is 2.78. The summed E-state index contributed by atoms with van der Waals surface area (Å²) in [5.41, 5.74) is 2.80. The highest BCUT2D eigenvalue weighted by Crippen LogP contribution is 2.27. The molecule has 2 N–H and O–H groups in total. The quantitative estimate of drug-likeness (QED) is 0.833. The van der Waals surface area contributed by atoms with Crippen molar-refractivity contribution >= 4 is 0 Å². The topological polar surface area (TPSA) is 50.1 Å². The molecule has 23 heavy (non-hydrogen) atoms. The van der Waals surface area contributed by atoms with Crippen LogP contribution in [0.15, 0.2) is 36.5 Å². The highest BCUT2D eigenvalue weighted by molar-refractivity contribution is 5.62. The van der Waals surface area contributed by atoms with E-state index < -0.39 is 5.60 Å². The van der Waals surface area contributed by atoms with Crippen molar-refractivity contribution in [3.63, 3.8) is 0 Å². The summed E-state index contributed by atoms with van der Waals surface area (Å²) in [6, 6.07) is 10.3. The average molecular weight is 313 g/mol. The lowest BCUT2D eigenvalue weighted by Crippen LogP contribution is -2.39. The molecule has 0 atom stereocenters. The second kappa shape index (κ2) is 7.28. The predicted octanol–water partition coefficient (Wildman–Crippen LogP) is 3.26. The lowest BCUT2D eigenvalue weighted by atomic mass is 9.94. The highest BCUT2D eigenvalue weighted by atomic mass is 16.3. The van der Waals surface area contributed by atoms with Gasteiger partial charge in [0, 0.05) is 37.5 Å². The first-order chi connectivity index (χ1) is 11.2. The number of hydrogen-bond acceptors (Lipinski definition) is 3. The molecule has 0 radical (unpaired) electrons. The number of aliphatic hydroxyl groups is 1. The largest absolute Gasteiger partial charge is 0.389 e. The molecule has 1 aliphatic carbocycles. The van der Waals surface area contributed by atoms with E-state index in [1.54, 1.807) is 0 Å². The molecule has 1 fully saturated rings. The first-order valence-electron chi connectivity index (χ1n) is 8.67. The predicted molar refractivity (Wildman–Crippen MR) is 93.0 cm³/mol. The Morgan fingerprint density at radius 2 is 1.83 bits per heavy atom. The number of benzene rings is 1. The zero-order valence-corrected chi connectivity index (χ0v) is 14.0. The van der Waals surface area contributed by atoms with Crippen LogP contribution >= 0.6 is 0 Å². The van der Waals surface area contributed by atoms with Gasteiger partial charge in [-0.2, -0.15) is 5.10 Å². The Labute approximate surface area is 138 Å². The van der Waals surface area contributed by atoms with Crippen molar-refractivity contribution in [3.05, 3.63) is 42.1 Å². The number of nitrogens with one attached hydrogen (secondary N) is 1. The summed E-state index contributed by atoms with van der Waals surface area (Å²) in [5, 5.41) is 18.8. The molecule has 0 saturated heterocycles. The Kier molecular flexibility index (Phi) is 5.13. The molecular weight excluding hydrogens is 286 g/mol. The molecule has 1 aromatic carbocycles. The molecule has 1 aromatic heterocycles. The summed E-state index contributed by atoms with van der Waals surface area (Å²) in [6.07, 6.45) is 8.68. The van der Waals surface area contributed by atoms with Gasteiger partial charge in [-0.05, 0) is 12.8 Å². The van der Waals surface area contributed by atoms with Crippen molar-refractivity contribution in [2.45, 2.75) is 50.7 Å². The van der Waals surface area contributed by atoms with Gasteiger partial charge in [-0.1, -0.05) is 56.0 Å². The van der Waals surface area contributed by atoms with E-state index in [4.69, 9.17) is 0 Å². The summed E-state index contributed by atoms with van der Waals surface area (Å²) in [6.45, 7) is 1.40. The smallest absolute Gasteiger partial charge is 0.0967 e. The summed E-state index contributed by atoms with van der Waals surface area (Å²) in [5.74, 6) is 0. The fraction of sp³-hybridized carbons (Fsp3) is 0.526. The van der Waals surface area contributed by atoms with Gasteiger partial charge in [0.15, 0.2) is 0 Å². The number of aryl methyl sites for hydroxylation is 1. The van der Waals surface area contributed by atoms with Gasteiger partial charge in [0.2, 0.25) is 0 Å². The van der Waals surface area contributed by atoms with Crippen molar-refractivity contribution in [3.8, 4) is 11.3 Å². The van der Waals surface area contributed by atoms with E-state index in [1.165, 1.54) is 18.4 Å². The van der Waals surface area contributed by atoms with E-state index in [9.17, 15) is 5.11 Å². The molecule has 4 heteroatoms. The molecule has 0 unspecified atom stereocenters. The Morgan fingerprint density at radius 1 is 1.13 bits per heavy atom. The van der Waals surface area contributed by atoms with Crippen LogP contribution in [-0.4, -0.2) is 27.0 Å². The van der Waals surface area contributed by atoms with E-state index in [2.05, 4.69) is 28.7 Å². The standard InChI is InChI=1S/C19H27N3O/c1-22-14-17(18(21-22)16-9-5-4-6-10-16)13-20-15-19(23)11-7-2-3-8-12-19/h4-6,9-10,14,20,23H,2-3,7-8,11-13,15H2,1H3. The van der Waals surface area contributed by atoms with Crippen molar-refractivity contribution in [1.29, 1.82) is 0 Å². The first kappa shape index (κ1) is 16.2. The van der Waals surface area contributed by atoms with E-state index >= 15 is 0 Å². The molecule has 0 amide bonds. The van der Waals surface area contributed by atoms with Crippen LogP contribution in [0.25, 0.3) is 11.3 Å². The van der Waals surface area contributed by atoms with Crippen LogP contribution in [0.2, 0.25) is 0 Å². The van der Waals surface area contributed by atoms with Gasteiger partial charge in [0.1, 0.15) is 0 Å². The SMILES string of the molecule is Cn1cc(CNCC2(O)CCCCCC2)c(-c2ccccc2)n1. The van der Waals surface area contributed by atoms with Gasteiger partial charge in [-0.3, -0.25) is 4.68 Å². The molecular formula is C19H27N3O. The van der Waals surface area contributed by atoms with Gasteiger partial charge < -0.3 is 10.4 Å². The third-order valence-corrected chi connectivity index (χ3v) is 4.76. The van der Waals surface area contributed by atoms with Crippen molar-refractivity contribution in [2.75, 3.05) is 6.54 Å². The Morgan fingerprint density at radius 3 is 2.52 bits per heavy atom. The van der Waals surface area contributed by atoms with Crippen LogP contribution in [0.1, 0.15) is 44.1 Å². The molecule has 4 nitrogen and oxygen atoms in total. The van der Waals surface area contributed by atoms with E-state index in [-0.39, 0.29) is 0 Å². The monoisotopic (exact) mass is 313 g/mol. The summed E-state index contributed by atoms with van der Waals surface area (Å²) < 4.78 is 1.86. The first-order valence-corrected chi connectivity index (χ1v) is 8.67. The molecule has 1 aliphatic rings. The minimum Gasteiger partial charge on any atom is -0.389 e. The summed E-state index contributed by atoms with van der Waals surface area (Å²) in [4.78, 5) is 0. The minimum atomic E-state index is -0.536. The van der Waals surface area contributed by atoms with Crippen LogP contribution in [0.4, 0.5) is 0 Å². The minimum absolute atomic E-state index is 0.536. The fourth-order valence-corrected chi connectivity index (χ4v) is 3.50. The van der Waals surface area contributed by atoms with Gasteiger partial charge >= 0.3 is 0 Å². The van der Waals surface area contributed by atoms with Gasteiger partial charge in [-0.15, -0.1) is 0 Å². The van der Waals surface area contributed by atoms with Crippen molar-refractivity contribution in [1.82, 2.24) is 15.1 Å². The number of aromatic nitrogens is 2. The highest BCUT2D eigenvalue weighted by Gasteiger charge is 2.27. The third kappa shape index (κ3) is 4.21. The molecule has 0 spiro atoms. The van der Waals surface area contributed by atoms with Gasteiger partial charge in [-0.25, -0.2) is 0 Å². The second-order valence-corrected chi connectivity index (χ2v) is 6.78. The maximum Gasteiger partial charge on any atom is 0.0967 e. The molecule has 0 bridgehead atoms. The Bertz CT molecular complexity index is 613. The van der Waals surface area contributed by atoms with E-state index in [0.717, 1.165) is 43.5 Å². The van der Waals surface area contributed by atoms with Crippen molar-refractivity contribution < 1.29 is 5.11 Å². The van der Waals surface area contributed by atoms with E-state index in [1.807, 2.05) is 29.9 Å². The second-order valence-electron chi connectivity index (χ2n) is 6.78. The summed E-state index contributed by atoms with van der Waals surface area (Å²) in [7, 11) is 1.95. The summed E-state index contributed by atoms with van der Waals surface area (Å²) >= 11 is 0. The van der Waals surface area contributed by atoms with Crippen LogP contribution in [0.3, 0.4) is 0 Å². The maximum absolute atomic E-state index is 10.7. The van der Waals surface area contributed by atoms with Crippen LogP contribution in [0, 0.1) is 0 Å². The van der Waals surface area contributed by atoms with Gasteiger partial charge in [0.25, 0.3) is 0 Å². The normalized spacial score (nSPS) is 17.8. The number of nitrogens with zero attached hydrogens (tertiary/aromatic N) is 2. The van der Waals surface area contributed by atoms with Crippen LogP contribution in [0.5, 0.6) is 0 Å². The van der Waals surface area contributed by atoms with E-state index in [0.29, 0.717) is 6.54 Å². The molecule has 1 heterocycles. The number of rotatable bonds is 5. The Hall–Kier alpha value is -1.65. The lowest BCUT2D eigenvalue weighted by molar-refractivity contribution is 0.0250. The molecule has 2 aromatic rings. The lowest BCUT2D eigenvalue weighted by Gasteiger charge is -2.27. The molecule has 1 saturated carbocycles. The molecule has 0 aliphatic heterocycles.